The van der Waals surface area contributed by atoms with Crippen LogP contribution in [-0.2, 0) is 0 Å². The minimum absolute atomic E-state index is 0.116. The fourth-order valence-corrected chi connectivity index (χ4v) is 6.90. The van der Waals surface area contributed by atoms with Crippen LogP contribution in [0.4, 0.5) is 16.4 Å². The number of hydrogen-bond donors (Lipinski definition) is 1. The standard InChI is InChI=1S/C35H37N5O3S/c1-37-18-20-38(21-19-37)22-23-39-16-7-17-40(32-24-29(25-41)44-35(32)39)34(43)27-12-14-28(15-13-27)36-33(42)31-11-6-5-10-30(31)26-8-3-2-4-9-26/h2-6,8-15,24-25H,7,16-23H2,1H3,(H,36,42). The highest BCUT2D eigenvalue weighted by molar-refractivity contribution is 7.18. The molecule has 0 spiro atoms. The second kappa shape index (κ2) is 13.5. The first-order valence-corrected chi connectivity index (χ1v) is 15.9. The van der Waals surface area contributed by atoms with E-state index in [0.717, 1.165) is 80.3 Å². The summed E-state index contributed by atoms with van der Waals surface area (Å²) in [6.45, 7) is 7.48. The summed E-state index contributed by atoms with van der Waals surface area (Å²) in [5.41, 5.74) is 4.35. The van der Waals surface area contributed by atoms with Crippen LogP contribution in [0.1, 0.15) is 36.8 Å². The highest BCUT2D eigenvalue weighted by Crippen LogP contribution is 2.40. The molecule has 2 aliphatic rings. The Morgan fingerprint density at radius 2 is 1.57 bits per heavy atom. The first kappa shape index (κ1) is 29.7. The Kier molecular flexibility index (Phi) is 9.16. The highest BCUT2D eigenvalue weighted by Gasteiger charge is 2.29. The van der Waals surface area contributed by atoms with Gasteiger partial charge in [0.1, 0.15) is 5.00 Å². The molecule has 3 heterocycles. The molecular formula is C35H37N5O3S. The molecule has 0 radical (unpaired) electrons. The zero-order valence-electron chi connectivity index (χ0n) is 24.9. The van der Waals surface area contributed by atoms with Crippen molar-refractivity contribution in [2.75, 3.05) is 74.5 Å². The molecule has 8 nitrogen and oxygen atoms in total. The fraction of sp³-hybridized carbons (Fsp3) is 0.286. The van der Waals surface area contributed by atoms with E-state index in [2.05, 4.69) is 27.1 Å². The molecule has 0 unspecified atom stereocenters. The Labute approximate surface area is 262 Å². The van der Waals surface area contributed by atoms with Crippen LogP contribution in [0.15, 0.2) is 84.9 Å². The van der Waals surface area contributed by atoms with Gasteiger partial charge in [-0.3, -0.25) is 19.3 Å². The molecule has 0 bridgehead atoms. The Morgan fingerprint density at radius 1 is 0.841 bits per heavy atom. The molecule has 1 N–H and O–H groups in total. The van der Waals surface area contributed by atoms with Crippen LogP contribution in [0.2, 0.25) is 0 Å². The van der Waals surface area contributed by atoms with E-state index in [9.17, 15) is 14.4 Å². The number of benzene rings is 3. The first-order valence-electron chi connectivity index (χ1n) is 15.1. The molecule has 1 fully saturated rings. The zero-order chi connectivity index (χ0) is 30.5. The maximum absolute atomic E-state index is 13.8. The van der Waals surface area contributed by atoms with Crippen LogP contribution in [0.25, 0.3) is 11.1 Å². The molecule has 2 aliphatic heterocycles. The molecule has 2 amide bonds. The van der Waals surface area contributed by atoms with E-state index in [-0.39, 0.29) is 11.8 Å². The average molecular weight is 608 g/mol. The van der Waals surface area contributed by atoms with Gasteiger partial charge in [0.05, 0.1) is 10.6 Å². The van der Waals surface area contributed by atoms with Crippen molar-refractivity contribution in [1.82, 2.24) is 9.80 Å². The third-order valence-corrected chi connectivity index (χ3v) is 9.50. The third kappa shape index (κ3) is 6.60. The van der Waals surface area contributed by atoms with Crippen molar-refractivity contribution in [3.05, 3.63) is 101 Å². The number of amides is 2. The number of aldehydes is 1. The van der Waals surface area contributed by atoms with E-state index in [1.807, 2.05) is 60.7 Å². The summed E-state index contributed by atoms with van der Waals surface area (Å²) in [5.74, 6) is -0.327. The normalized spacial score (nSPS) is 15.8. The lowest BCUT2D eigenvalue weighted by Gasteiger charge is -2.34. The summed E-state index contributed by atoms with van der Waals surface area (Å²) in [6.07, 6.45) is 1.70. The van der Waals surface area contributed by atoms with E-state index in [1.165, 1.54) is 11.3 Å². The van der Waals surface area contributed by atoms with Gasteiger partial charge in [-0.1, -0.05) is 48.5 Å². The molecule has 3 aromatic carbocycles. The summed E-state index contributed by atoms with van der Waals surface area (Å²) >= 11 is 1.46. The van der Waals surface area contributed by atoms with E-state index in [4.69, 9.17) is 0 Å². The Bertz CT molecular complexity index is 1610. The number of carbonyl (C=O) groups excluding carboxylic acids is 3. The number of likely N-dealkylation sites (N-methyl/N-ethyl adjacent to an activating group) is 1. The van der Waals surface area contributed by atoms with E-state index < -0.39 is 0 Å². The second-order valence-electron chi connectivity index (χ2n) is 11.3. The first-order chi connectivity index (χ1) is 21.5. The predicted molar refractivity (Wildman–Crippen MR) is 178 cm³/mol. The predicted octanol–water partition coefficient (Wildman–Crippen LogP) is 5.58. The quantitative estimate of drug-likeness (QED) is 0.264. The van der Waals surface area contributed by atoms with Crippen molar-refractivity contribution in [3.8, 4) is 11.1 Å². The molecule has 4 aromatic rings. The highest BCUT2D eigenvalue weighted by atomic mass is 32.1. The number of fused-ring (bicyclic) bond motifs is 1. The minimum atomic E-state index is -0.211. The third-order valence-electron chi connectivity index (χ3n) is 8.39. The van der Waals surface area contributed by atoms with Gasteiger partial charge < -0.3 is 20.0 Å². The van der Waals surface area contributed by atoms with Crippen molar-refractivity contribution in [2.24, 2.45) is 0 Å². The van der Waals surface area contributed by atoms with Crippen molar-refractivity contribution < 1.29 is 14.4 Å². The maximum atomic E-state index is 13.8. The van der Waals surface area contributed by atoms with Gasteiger partial charge in [0.15, 0.2) is 6.29 Å². The Morgan fingerprint density at radius 3 is 2.32 bits per heavy atom. The van der Waals surface area contributed by atoms with Gasteiger partial charge in [-0.05, 0) is 61.0 Å². The number of piperazine rings is 1. The molecule has 226 valence electrons. The fourth-order valence-electron chi connectivity index (χ4n) is 5.87. The van der Waals surface area contributed by atoms with Crippen LogP contribution >= 0.6 is 11.3 Å². The number of rotatable bonds is 8. The van der Waals surface area contributed by atoms with Gasteiger partial charge in [-0.25, -0.2) is 0 Å². The summed E-state index contributed by atoms with van der Waals surface area (Å²) in [5, 5.41) is 3.97. The number of anilines is 3. The van der Waals surface area contributed by atoms with Crippen LogP contribution in [0.3, 0.4) is 0 Å². The zero-order valence-corrected chi connectivity index (χ0v) is 25.8. The monoisotopic (exact) mass is 607 g/mol. The molecule has 1 saturated heterocycles. The topological polar surface area (TPSA) is 76.2 Å². The Balaban J connectivity index is 1.16. The second-order valence-corrected chi connectivity index (χ2v) is 12.4. The molecule has 6 rings (SSSR count). The number of carbonyl (C=O) groups is 3. The number of nitrogens with one attached hydrogen (secondary N) is 1. The maximum Gasteiger partial charge on any atom is 0.258 e. The largest absolute Gasteiger partial charge is 0.360 e. The van der Waals surface area contributed by atoms with Crippen LogP contribution < -0.4 is 15.1 Å². The molecular weight excluding hydrogens is 570 g/mol. The van der Waals surface area contributed by atoms with Crippen LogP contribution in [-0.4, -0.2) is 87.3 Å². The van der Waals surface area contributed by atoms with Crippen molar-refractivity contribution in [1.29, 1.82) is 0 Å². The van der Waals surface area contributed by atoms with Gasteiger partial charge in [0.2, 0.25) is 0 Å². The smallest absolute Gasteiger partial charge is 0.258 e. The Hall–Kier alpha value is -4.31. The summed E-state index contributed by atoms with van der Waals surface area (Å²) < 4.78 is 0. The number of thiophene rings is 1. The summed E-state index contributed by atoms with van der Waals surface area (Å²) in [7, 11) is 2.16. The van der Waals surface area contributed by atoms with Gasteiger partial charge >= 0.3 is 0 Å². The van der Waals surface area contributed by atoms with Crippen LogP contribution in [0.5, 0.6) is 0 Å². The van der Waals surface area contributed by atoms with Gasteiger partial charge in [0, 0.05) is 69.2 Å². The van der Waals surface area contributed by atoms with Crippen LogP contribution in [0, 0.1) is 0 Å². The van der Waals surface area contributed by atoms with E-state index in [1.54, 1.807) is 29.2 Å². The lowest BCUT2D eigenvalue weighted by atomic mass is 9.99. The van der Waals surface area contributed by atoms with E-state index >= 15 is 0 Å². The van der Waals surface area contributed by atoms with Crippen molar-refractivity contribution >= 4 is 45.8 Å². The molecule has 0 aliphatic carbocycles. The molecule has 44 heavy (non-hydrogen) atoms. The number of nitrogens with zero attached hydrogens (tertiary/aromatic N) is 4. The van der Waals surface area contributed by atoms with Crippen molar-refractivity contribution in [3.63, 3.8) is 0 Å². The average Bonchev–Trinajstić information content (AvgIpc) is 3.42. The molecule has 1 aromatic heterocycles. The van der Waals surface area contributed by atoms with Gasteiger partial charge in [-0.2, -0.15) is 0 Å². The minimum Gasteiger partial charge on any atom is -0.360 e. The van der Waals surface area contributed by atoms with Gasteiger partial charge in [-0.15, -0.1) is 11.3 Å². The lowest BCUT2D eigenvalue weighted by Crippen LogP contribution is -2.47. The molecule has 9 heteroatoms. The summed E-state index contributed by atoms with van der Waals surface area (Å²) in [4.78, 5) is 48.5. The summed E-state index contributed by atoms with van der Waals surface area (Å²) in [6, 6.07) is 26.2. The molecule has 0 saturated carbocycles. The lowest BCUT2D eigenvalue weighted by molar-refractivity contribution is 0.0985. The SMILES string of the molecule is CN1CCN(CCN2CCCN(C(=O)c3ccc(NC(=O)c4ccccc4-c4ccccc4)cc3)c3cc(C=O)sc32)CC1. The van der Waals surface area contributed by atoms with Gasteiger partial charge in [0.25, 0.3) is 11.8 Å². The number of hydrogen-bond acceptors (Lipinski definition) is 7. The van der Waals surface area contributed by atoms with Crippen molar-refractivity contribution in [2.45, 2.75) is 6.42 Å². The molecule has 0 atom stereocenters. The van der Waals surface area contributed by atoms with E-state index in [0.29, 0.717) is 28.2 Å².